The van der Waals surface area contributed by atoms with Crippen LogP contribution in [0.2, 0.25) is 0 Å². The Morgan fingerprint density at radius 1 is 1.10 bits per heavy atom. The van der Waals surface area contributed by atoms with Crippen LogP contribution in [0.3, 0.4) is 0 Å². The van der Waals surface area contributed by atoms with Crippen molar-refractivity contribution < 1.29 is 22.4 Å². The number of sulfonamides is 1. The number of benzene rings is 2. The number of hydrogen-bond donors (Lipinski definition) is 3. The second-order valence-electron chi connectivity index (χ2n) is 6.81. The standard InChI is InChI=1S/C20H25FN4O4S/c1-4-23-30(28,29)16-8-9-18(21)17(11-16)20(27)22-12-14-6-5-7-15(10-14)24-19(26)13-25(2)3/h5-11,23H,4,12-13H2,1-3H3,(H,22,27)(H,24,26). The molecule has 0 bridgehead atoms. The van der Waals surface area contributed by atoms with E-state index < -0.39 is 21.7 Å². The Bertz CT molecular complexity index is 1030. The van der Waals surface area contributed by atoms with E-state index in [0.717, 1.165) is 18.2 Å². The smallest absolute Gasteiger partial charge is 0.254 e. The molecule has 0 saturated carbocycles. The summed E-state index contributed by atoms with van der Waals surface area (Å²) >= 11 is 0. The zero-order valence-electron chi connectivity index (χ0n) is 17.0. The van der Waals surface area contributed by atoms with Gasteiger partial charge in [-0.1, -0.05) is 19.1 Å². The van der Waals surface area contributed by atoms with Gasteiger partial charge in [0.2, 0.25) is 15.9 Å². The number of carbonyl (C=O) groups is 2. The van der Waals surface area contributed by atoms with Gasteiger partial charge >= 0.3 is 0 Å². The average molecular weight is 437 g/mol. The lowest BCUT2D eigenvalue weighted by Crippen LogP contribution is -2.27. The number of carbonyl (C=O) groups excluding carboxylic acids is 2. The first-order valence-electron chi connectivity index (χ1n) is 9.23. The van der Waals surface area contributed by atoms with Crippen molar-refractivity contribution in [2.75, 3.05) is 32.5 Å². The van der Waals surface area contributed by atoms with Crippen LogP contribution in [0.1, 0.15) is 22.8 Å². The van der Waals surface area contributed by atoms with Gasteiger partial charge in [-0.2, -0.15) is 0 Å². The lowest BCUT2D eigenvalue weighted by Gasteiger charge is -2.12. The molecule has 0 heterocycles. The van der Waals surface area contributed by atoms with Gasteiger partial charge in [-0.25, -0.2) is 17.5 Å². The number of halogens is 1. The zero-order chi connectivity index (χ0) is 22.3. The van der Waals surface area contributed by atoms with Crippen LogP contribution in [0.4, 0.5) is 10.1 Å². The second kappa shape index (κ2) is 10.3. The minimum absolute atomic E-state index is 0.0693. The van der Waals surface area contributed by atoms with E-state index in [0.29, 0.717) is 11.3 Å². The predicted molar refractivity (Wildman–Crippen MR) is 112 cm³/mol. The predicted octanol–water partition coefficient (Wildman–Crippen LogP) is 1.55. The summed E-state index contributed by atoms with van der Waals surface area (Å²) in [7, 11) is -0.255. The van der Waals surface area contributed by atoms with E-state index in [1.54, 1.807) is 50.2 Å². The van der Waals surface area contributed by atoms with E-state index in [1.165, 1.54) is 0 Å². The first kappa shape index (κ1) is 23.5. The van der Waals surface area contributed by atoms with Gasteiger partial charge in [0.1, 0.15) is 5.82 Å². The molecule has 8 nitrogen and oxygen atoms in total. The fourth-order valence-electron chi connectivity index (χ4n) is 2.64. The van der Waals surface area contributed by atoms with Gasteiger partial charge in [-0.3, -0.25) is 9.59 Å². The molecule has 0 spiro atoms. The van der Waals surface area contributed by atoms with Crippen LogP contribution in [0.5, 0.6) is 0 Å². The fourth-order valence-corrected chi connectivity index (χ4v) is 3.71. The van der Waals surface area contributed by atoms with Gasteiger partial charge in [0.25, 0.3) is 5.91 Å². The Morgan fingerprint density at radius 3 is 2.50 bits per heavy atom. The maximum Gasteiger partial charge on any atom is 0.254 e. The SMILES string of the molecule is CCNS(=O)(=O)c1ccc(F)c(C(=O)NCc2cccc(NC(=O)CN(C)C)c2)c1. The Labute approximate surface area is 175 Å². The van der Waals surface area contributed by atoms with Gasteiger partial charge in [0.05, 0.1) is 17.0 Å². The number of likely N-dealkylation sites (N-methyl/N-ethyl adjacent to an activating group) is 1. The summed E-state index contributed by atoms with van der Waals surface area (Å²) in [6, 6.07) is 9.91. The van der Waals surface area contributed by atoms with Crippen LogP contribution in [0, 0.1) is 5.82 Å². The first-order valence-corrected chi connectivity index (χ1v) is 10.7. The molecule has 3 N–H and O–H groups in total. The highest BCUT2D eigenvalue weighted by Crippen LogP contribution is 2.16. The molecule has 162 valence electrons. The van der Waals surface area contributed by atoms with Gasteiger partial charge in [-0.05, 0) is 50.0 Å². The minimum Gasteiger partial charge on any atom is -0.348 e. The Morgan fingerprint density at radius 2 is 1.83 bits per heavy atom. The normalized spacial score (nSPS) is 11.4. The monoisotopic (exact) mass is 436 g/mol. The third-order valence-corrected chi connectivity index (χ3v) is 5.49. The van der Waals surface area contributed by atoms with Crippen molar-refractivity contribution in [3.8, 4) is 0 Å². The van der Waals surface area contributed by atoms with E-state index in [2.05, 4.69) is 15.4 Å². The highest BCUT2D eigenvalue weighted by Gasteiger charge is 2.18. The Hall–Kier alpha value is -2.82. The van der Waals surface area contributed by atoms with E-state index in [4.69, 9.17) is 0 Å². The summed E-state index contributed by atoms with van der Waals surface area (Å²) in [4.78, 5) is 25.8. The topological polar surface area (TPSA) is 108 Å². The third kappa shape index (κ3) is 6.61. The lowest BCUT2D eigenvalue weighted by molar-refractivity contribution is -0.116. The lowest BCUT2D eigenvalue weighted by atomic mass is 10.1. The first-order chi connectivity index (χ1) is 14.1. The fraction of sp³-hybridized carbons (Fsp3) is 0.300. The third-order valence-electron chi connectivity index (χ3n) is 3.95. The van der Waals surface area contributed by atoms with Crippen molar-refractivity contribution in [1.82, 2.24) is 14.9 Å². The van der Waals surface area contributed by atoms with Crippen LogP contribution >= 0.6 is 0 Å². The molecule has 0 atom stereocenters. The molecule has 0 radical (unpaired) electrons. The number of hydrogen-bond acceptors (Lipinski definition) is 5. The number of rotatable bonds is 9. The van der Waals surface area contributed by atoms with Crippen LogP contribution in [0.25, 0.3) is 0 Å². The molecule has 10 heteroatoms. The molecule has 0 unspecified atom stereocenters. The van der Waals surface area contributed by atoms with E-state index >= 15 is 0 Å². The zero-order valence-corrected chi connectivity index (χ0v) is 17.8. The van der Waals surface area contributed by atoms with Gasteiger partial charge in [0.15, 0.2) is 0 Å². The van der Waals surface area contributed by atoms with Crippen molar-refractivity contribution in [3.05, 3.63) is 59.4 Å². The molecular weight excluding hydrogens is 411 g/mol. The van der Waals surface area contributed by atoms with Crippen LogP contribution < -0.4 is 15.4 Å². The number of amides is 2. The quantitative estimate of drug-likeness (QED) is 0.553. The molecule has 0 saturated heterocycles. The average Bonchev–Trinajstić information content (AvgIpc) is 2.66. The van der Waals surface area contributed by atoms with E-state index in [9.17, 15) is 22.4 Å². The molecule has 2 aromatic rings. The molecule has 0 aliphatic heterocycles. The van der Waals surface area contributed by atoms with E-state index in [-0.39, 0.29) is 36.0 Å². The number of anilines is 1. The molecule has 30 heavy (non-hydrogen) atoms. The minimum atomic E-state index is -3.82. The van der Waals surface area contributed by atoms with Crippen molar-refractivity contribution in [2.45, 2.75) is 18.4 Å². The number of nitrogens with one attached hydrogen (secondary N) is 3. The molecule has 0 fully saturated rings. The molecule has 2 rings (SSSR count). The van der Waals surface area contributed by atoms with Gasteiger partial charge < -0.3 is 15.5 Å². The van der Waals surface area contributed by atoms with Gasteiger partial charge in [0, 0.05) is 18.8 Å². The Kier molecular flexibility index (Phi) is 8.04. The van der Waals surface area contributed by atoms with Crippen LogP contribution in [-0.4, -0.2) is 52.3 Å². The van der Waals surface area contributed by atoms with E-state index in [1.807, 2.05) is 0 Å². The van der Waals surface area contributed by atoms with Crippen molar-refractivity contribution in [2.24, 2.45) is 0 Å². The van der Waals surface area contributed by atoms with Crippen molar-refractivity contribution >= 4 is 27.5 Å². The maximum absolute atomic E-state index is 14.1. The summed E-state index contributed by atoms with van der Waals surface area (Å²) in [6.45, 7) is 2.08. The van der Waals surface area contributed by atoms with Crippen LogP contribution in [0.15, 0.2) is 47.4 Å². The highest BCUT2D eigenvalue weighted by atomic mass is 32.2. The van der Waals surface area contributed by atoms with Crippen LogP contribution in [-0.2, 0) is 21.4 Å². The summed E-state index contributed by atoms with van der Waals surface area (Å²) < 4.78 is 40.6. The Balaban J connectivity index is 2.09. The number of nitrogens with zero attached hydrogens (tertiary/aromatic N) is 1. The summed E-state index contributed by atoms with van der Waals surface area (Å²) in [6.07, 6.45) is 0. The molecule has 0 aliphatic carbocycles. The maximum atomic E-state index is 14.1. The largest absolute Gasteiger partial charge is 0.348 e. The molecule has 0 aromatic heterocycles. The van der Waals surface area contributed by atoms with Crippen molar-refractivity contribution in [1.29, 1.82) is 0 Å². The summed E-state index contributed by atoms with van der Waals surface area (Å²) in [5, 5.41) is 5.32. The molecular formula is C20H25FN4O4S. The summed E-state index contributed by atoms with van der Waals surface area (Å²) in [5.41, 5.74) is 0.880. The van der Waals surface area contributed by atoms with Crippen molar-refractivity contribution in [3.63, 3.8) is 0 Å². The summed E-state index contributed by atoms with van der Waals surface area (Å²) in [5.74, 6) is -1.75. The molecule has 2 aromatic carbocycles. The van der Waals surface area contributed by atoms with Gasteiger partial charge in [-0.15, -0.1) is 0 Å². The second-order valence-corrected chi connectivity index (χ2v) is 8.58. The molecule has 2 amide bonds. The molecule has 0 aliphatic rings. The highest BCUT2D eigenvalue weighted by molar-refractivity contribution is 7.89.